The fourth-order valence-electron chi connectivity index (χ4n) is 3.16. The highest BCUT2D eigenvalue weighted by molar-refractivity contribution is 5.98. The molecule has 0 spiro atoms. The number of ether oxygens (including phenoxy) is 1. The van der Waals surface area contributed by atoms with Gasteiger partial charge in [-0.3, -0.25) is 9.78 Å². The lowest BCUT2D eigenvalue weighted by Gasteiger charge is -2.19. The van der Waals surface area contributed by atoms with Crippen molar-refractivity contribution in [2.45, 2.75) is 6.04 Å². The number of aromatic nitrogens is 2. The number of fused-ring (bicyclic) bond motifs is 1. The van der Waals surface area contributed by atoms with E-state index in [1.807, 2.05) is 72.8 Å². The highest BCUT2D eigenvalue weighted by Gasteiger charge is 2.20. The Kier molecular flexibility index (Phi) is 4.97. The van der Waals surface area contributed by atoms with E-state index in [2.05, 4.69) is 15.3 Å². The third-order valence-corrected chi connectivity index (χ3v) is 4.52. The van der Waals surface area contributed by atoms with Gasteiger partial charge in [0.2, 0.25) is 5.88 Å². The Bertz CT molecular complexity index is 1060. The topological polar surface area (TPSA) is 64.1 Å². The van der Waals surface area contributed by atoms with Gasteiger partial charge < -0.3 is 10.1 Å². The third-order valence-electron chi connectivity index (χ3n) is 4.52. The molecule has 0 saturated carbocycles. The molecule has 0 fully saturated rings. The van der Waals surface area contributed by atoms with Crippen LogP contribution in [-0.4, -0.2) is 23.0 Å². The number of benzene rings is 2. The third kappa shape index (κ3) is 3.55. The van der Waals surface area contributed by atoms with Crippen LogP contribution in [0.3, 0.4) is 0 Å². The minimum absolute atomic E-state index is 0.288. The smallest absolute Gasteiger partial charge is 0.270 e. The maximum atomic E-state index is 13.1. The standard InChI is InChI=1S/C23H19N3O2/c1-28-23-18-12-6-5-11-17(18)15-20(25-23)22(27)26-21(16-9-3-2-4-10-16)19-13-7-8-14-24-19/h2-15,21H,1H3,(H,26,27). The lowest BCUT2D eigenvalue weighted by molar-refractivity contribution is 0.0936. The molecule has 2 aromatic carbocycles. The van der Waals surface area contributed by atoms with Gasteiger partial charge in [-0.15, -0.1) is 0 Å². The second-order valence-electron chi connectivity index (χ2n) is 6.31. The normalized spacial score (nSPS) is 11.8. The molecule has 4 rings (SSSR count). The lowest BCUT2D eigenvalue weighted by Crippen LogP contribution is -2.30. The van der Waals surface area contributed by atoms with Crippen molar-refractivity contribution in [1.29, 1.82) is 0 Å². The van der Waals surface area contributed by atoms with Crippen molar-refractivity contribution in [1.82, 2.24) is 15.3 Å². The molecule has 1 N–H and O–H groups in total. The molecule has 0 radical (unpaired) electrons. The van der Waals surface area contributed by atoms with Crippen LogP contribution in [0.25, 0.3) is 10.8 Å². The van der Waals surface area contributed by atoms with E-state index >= 15 is 0 Å². The molecule has 0 aliphatic rings. The number of carbonyl (C=O) groups excluding carboxylic acids is 1. The summed E-state index contributed by atoms with van der Waals surface area (Å²) in [5.74, 6) is 0.140. The van der Waals surface area contributed by atoms with E-state index in [0.717, 1.165) is 22.0 Å². The van der Waals surface area contributed by atoms with Crippen molar-refractivity contribution >= 4 is 16.7 Å². The first-order valence-corrected chi connectivity index (χ1v) is 8.97. The Labute approximate surface area is 163 Å². The Morgan fingerprint density at radius 3 is 2.46 bits per heavy atom. The van der Waals surface area contributed by atoms with Gasteiger partial charge in [-0.1, -0.05) is 54.6 Å². The fourth-order valence-corrected chi connectivity index (χ4v) is 3.16. The minimum atomic E-state index is -0.380. The van der Waals surface area contributed by atoms with Gasteiger partial charge >= 0.3 is 0 Å². The summed E-state index contributed by atoms with van der Waals surface area (Å²) in [6.07, 6.45) is 1.72. The molecule has 0 aliphatic heterocycles. The maximum Gasteiger partial charge on any atom is 0.270 e. The predicted octanol–water partition coefficient (Wildman–Crippen LogP) is 4.16. The number of carbonyl (C=O) groups is 1. The number of amides is 1. The summed E-state index contributed by atoms with van der Waals surface area (Å²) in [6, 6.07) is 24.5. The zero-order valence-electron chi connectivity index (χ0n) is 15.4. The average molecular weight is 369 g/mol. The number of nitrogens with one attached hydrogen (secondary N) is 1. The zero-order valence-corrected chi connectivity index (χ0v) is 15.4. The van der Waals surface area contributed by atoms with E-state index in [-0.39, 0.29) is 11.9 Å². The minimum Gasteiger partial charge on any atom is -0.481 e. The van der Waals surface area contributed by atoms with Crippen LogP contribution in [0.5, 0.6) is 5.88 Å². The lowest BCUT2D eigenvalue weighted by atomic mass is 10.0. The molecular weight excluding hydrogens is 350 g/mol. The first kappa shape index (κ1) is 17.7. The summed E-state index contributed by atoms with van der Waals surface area (Å²) < 4.78 is 5.39. The average Bonchev–Trinajstić information content (AvgIpc) is 2.77. The van der Waals surface area contributed by atoms with E-state index in [4.69, 9.17) is 4.74 Å². The van der Waals surface area contributed by atoms with Crippen molar-refractivity contribution < 1.29 is 9.53 Å². The Balaban J connectivity index is 1.71. The maximum absolute atomic E-state index is 13.1. The van der Waals surface area contributed by atoms with E-state index in [0.29, 0.717) is 11.6 Å². The second-order valence-corrected chi connectivity index (χ2v) is 6.31. The molecular formula is C23H19N3O2. The van der Waals surface area contributed by atoms with Crippen molar-refractivity contribution in [2.75, 3.05) is 7.11 Å². The summed E-state index contributed by atoms with van der Waals surface area (Å²) in [4.78, 5) is 21.9. The molecule has 0 aliphatic carbocycles. The molecule has 5 nitrogen and oxygen atoms in total. The van der Waals surface area contributed by atoms with Gasteiger partial charge in [-0.25, -0.2) is 4.98 Å². The van der Waals surface area contributed by atoms with Crippen LogP contribution in [-0.2, 0) is 0 Å². The van der Waals surface area contributed by atoms with Crippen LogP contribution < -0.4 is 10.1 Å². The molecule has 28 heavy (non-hydrogen) atoms. The number of hydrogen-bond donors (Lipinski definition) is 1. The van der Waals surface area contributed by atoms with Gasteiger partial charge in [-0.2, -0.15) is 0 Å². The molecule has 2 heterocycles. The van der Waals surface area contributed by atoms with E-state index in [1.54, 1.807) is 19.4 Å². The van der Waals surface area contributed by atoms with E-state index in [9.17, 15) is 4.79 Å². The zero-order chi connectivity index (χ0) is 19.3. The molecule has 5 heteroatoms. The first-order valence-electron chi connectivity index (χ1n) is 8.97. The largest absolute Gasteiger partial charge is 0.481 e. The summed E-state index contributed by atoms with van der Waals surface area (Å²) in [6.45, 7) is 0. The van der Waals surface area contributed by atoms with Crippen LogP contribution in [0, 0.1) is 0 Å². The van der Waals surface area contributed by atoms with Gasteiger partial charge in [0.15, 0.2) is 0 Å². The molecule has 2 aromatic heterocycles. The van der Waals surface area contributed by atoms with Crippen LogP contribution >= 0.6 is 0 Å². The van der Waals surface area contributed by atoms with Crippen molar-refractivity contribution in [3.05, 3.63) is 102 Å². The number of hydrogen-bond acceptors (Lipinski definition) is 4. The van der Waals surface area contributed by atoms with Crippen molar-refractivity contribution in [3.63, 3.8) is 0 Å². The second kappa shape index (κ2) is 7.88. The Morgan fingerprint density at radius 2 is 1.71 bits per heavy atom. The van der Waals surface area contributed by atoms with Gasteiger partial charge in [0.25, 0.3) is 5.91 Å². The summed E-state index contributed by atoms with van der Waals surface area (Å²) in [5, 5.41) is 4.83. The van der Waals surface area contributed by atoms with E-state index < -0.39 is 0 Å². The number of rotatable bonds is 5. The van der Waals surface area contributed by atoms with Gasteiger partial charge in [0, 0.05) is 11.6 Å². The van der Waals surface area contributed by atoms with Crippen LogP contribution in [0.2, 0.25) is 0 Å². The van der Waals surface area contributed by atoms with Crippen molar-refractivity contribution in [2.24, 2.45) is 0 Å². The van der Waals surface area contributed by atoms with Gasteiger partial charge in [0.05, 0.1) is 18.8 Å². The number of methoxy groups -OCH3 is 1. The molecule has 1 atom stereocenters. The molecule has 138 valence electrons. The highest BCUT2D eigenvalue weighted by atomic mass is 16.5. The molecule has 1 unspecified atom stereocenters. The van der Waals surface area contributed by atoms with E-state index in [1.165, 1.54) is 0 Å². The highest BCUT2D eigenvalue weighted by Crippen LogP contribution is 2.25. The number of nitrogens with zero attached hydrogens (tertiary/aromatic N) is 2. The van der Waals surface area contributed by atoms with Crippen LogP contribution in [0.1, 0.15) is 27.8 Å². The SMILES string of the molecule is COc1nc(C(=O)NC(c2ccccc2)c2ccccn2)cc2ccccc12. The molecule has 0 saturated heterocycles. The van der Waals surface area contributed by atoms with Gasteiger partial charge in [-0.05, 0) is 35.2 Å². The van der Waals surface area contributed by atoms with Crippen molar-refractivity contribution in [3.8, 4) is 5.88 Å². The first-order chi connectivity index (χ1) is 13.8. The molecule has 1 amide bonds. The quantitative estimate of drug-likeness (QED) is 0.574. The summed E-state index contributed by atoms with van der Waals surface area (Å²) in [5.41, 5.74) is 2.00. The monoisotopic (exact) mass is 369 g/mol. The molecule has 0 bridgehead atoms. The summed E-state index contributed by atoms with van der Waals surface area (Å²) >= 11 is 0. The Hall–Kier alpha value is -3.73. The van der Waals surface area contributed by atoms with Crippen LogP contribution in [0.4, 0.5) is 0 Å². The predicted molar refractivity (Wildman–Crippen MR) is 108 cm³/mol. The fraction of sp³-hybridized carbons (Fsp3) is 0.0870. The Morgan fingerprint density at radius 1 is 0.964 bits per heavy atom. The summed E-state index contributed by atoms with van der Waals surface area (Å²) in [7, 11) is 1.55. The van der Waals surface area contributed by atoms with Crippen LogP contribution in [0.15, 0.2) is 85.1 Å². The molecule has 4 aromatic rings. The number of pyridine rings is 2. The van der Waals surface area contributed by atoms with Gasteiger partial charge in [0.1, 0.15) is 5.69 Å².